The Morgan fingerprint density at radius 3 is 0.583 bits per heavy atom. The maximum atomic E-state index is 7.23. The van der Waals surface area contributed by atoms with E-state index in [2.05, 4.69) is 0 Å². The second kappa shape index (κ2) is 29.4. The summed E-state index contributed by atoms with van der Waals surface area (Å²) in [7, 11) is -5.24. The van der Waals surface area contributed by atoms with E-state index in [1.54, 1.807) is 0 Å². The van der Waals surface area contributed by atoms with Gasteiger partial charge in [0.25, 0.3) is 0 Å². The van der Waals surface area contributed by atoms with E-state index in [9.17, 15) is 0 Å². The summed E-state index contributed by atoms with van der Waals surface area (Å²) in [6.45, 7) is 0. The van der Waals surface area contributed by atoms with E-state index in [1.165, 1.54) is 0 Å². The van der Waals surface area contributed by atoms with Crippen LogP contribution in [0.4, 0.5) is 0 Å². The van der Waals surface area contributed by atoms with Gasteiger partial charge in [-0.15, -0.1) is 0 Å². The summed E-state index contributed by atoms with van der Waals surface area (Å²) >= 11 is 0. The average Bonchev–Trinajstić information content (AvgIpc) is 1.25. The molecule has 6 nitrogen and oxygen atoms in total. The zero-order chi connectivity index (χ0) is 7.15. The molecule has 0 saturated heterocycles. The standard InChI is InChI=1S/2H3O3P.Sr.3Zn.2H/c2*1-4(2)3;;;;;;/h2*1-3H;;;;;;/q;;+2;;;;2*-1. The van der Waals surface area contributed by atoms with Crippen molar-refractivity contribution in [3.8, 4) is 0 Å². The van der Waals surface area contributed by atoms with Gasteiger partial charge < -0.3 is 32.2 Å². The smallest absolute Gasteiger partial charge is 1.00 e. The van der Waals surface area contributed by atoms with Gasteiger partial charge in [-0.1, -0.05) is 0 Å². The number of hydrogen-bond donors (Lipinski definition) is 6. The van der Waals surface area contributed by atoms with Gasteiger partial charge in [-0.25, -0.2) is 0 Å². The molecule has 0 bridgehead atoms. The van der Waals surface area contributed by atoms with Gasteiger partial charge in [0.15, 0.2) is 0 Å². The quantitative estimate of drug-likeness (QED) is 0.192. The fourth-order valence-electron chi connectivity index (χ4n) is 0. The van der Waals surface area contributed by atoms with Crippen molar-refractivity contribution in [1.82, 2.24) is 0 Å². The van der Waals surface area contributed by atoms with Crippen LogP contribution in [0.3, 0.4) is 0 Å². The van der Waals surface area contributed by atoms with Gasteiger partial charge in [0.05, 0.1) is 0 Å². The van der Waals surface area contributed by atoms with Crippen molar-refractivity contribution in [2.75, 3.05) is 0 Å². The van der Waals surface area contributed by atoms with Crippen LogP contribution in [0.2, 0.25) is 0 Å². The van der Waals surface area contributed by atoms with E-state index in [0.29, 0.717) is 0 Å². The summed E-state index contributed by atoms with van der Waals surface area (Å²) in [4.78, 5) is 43.4. The molecule has 0 aliphatic carbocycles. The van der Waals surface area contributed by atoms with Crippen LogP contribution in [-0.4, -0.2) is 74.8 Å². The van der Waals surface area contributed by atoms with E-state index in [0.717, 1.165) is 0 Å². The largest absolute Gasteiger partial charge is 2.00 e. The van der Waals surface area contributed by atoms with Gasteiger partial charge in [0.1, 0.15) is 0 Å². The molecule has 0 amide bonds. The van der Waals surface area contributed by atoms with Crippen LogP contribution < -0.4 is 0 Å². The Labute approximate surface area is 151 Å². The van der Waals surface area contributed by atoms with Gasteiger partial charge >= 0.3 is 62.7 Å². The Morgan fingerprint density at radius 2 is 0.583 bits per heavy atom. The van der Waals surface area contributed by atoms with E-state index < -0.39 is 17.2 Å². The number of hydrogen-bond acceptors (Lipinski definition) is 6. The summed E-state index contributed by atoms with van der Waals surface area (Å²) in [5, 5.41) is 0. The minimum absolute atomic E-state index is 0. The van der Waals surface area contributed by atoms with Gasteiger partial charge in [0, 0.05) is 58.4 Å². The third-order valence-corrected chi connectivity index (χ3v) is 0. The van der Waals surface area contributed by atoms with Crippen LogP contribution in [0, 0.1) is 0 Å². The number of rotatable bonds is 0. The molecule has 0 aromatic rings. The van der Waals surface area contributed by atoms with Crippen LogP contribution in [0.25, 0.3) is 0 Å². The zero-order valence-corrected chi connectivity index (χ0v) is 20.6. The minimum atomic E-state index is -2.62. The van der Waals surface area contributed by atoms with Crippen molar-refractivity contribution in [3.63, 3.8) is 0 Å². The predicted molar refractivity (Wildman–Crippen MR) is 35.1 cm³/mol. The summed E-state index contributed by atoms with van der Waals surface area (Å²) in [6.07, 6.45) is 0. The van der Waals surface area contributed by atoms with Crippen LogP contribution in [0.1, 0.15) is 2.85 Å². The van der Waals surface area contributed by atoms with Crippen LogP contribution >= 0.6 is 17.2 Å². The molecule has 0 aliphatic heterocycles. The summed E-state index contributed by atoms with van der Waals surface area (Å²) in [6, 6.07) is 0. The topological polar surface area (TPSA) is 121 Å². The second-order valence-electron chi connectivity index (χ2n) is 0.537. The van der Waals surface area contributed by atoms with E-state index in [1.807, 2.05) is 0 Å². The predicted octanol–water partition coefficient (Wildman–Crippen LogP) is -1.78. The minimum Gasteiger partial charge on any atom is -1.00 e. The fourth-order valence-corrected chi connectivity index (χ4v) is 0. The Bertz CT molecular complexity index is 44.5. The first kappa shape index (κ1) is 36.0. The third kappa shape index (κ3) is 149. The first-order valence-corrected chi connectivity index (χ1v) is 3.60. The molecule has 0 unspecified atom stereocenters. The SMILES string of the molecule is OP(O)O.OP(O)O.[H-].[H-].[Sr+2].[Zn].[Zn].[Zn]. The van der Waals surface area contributed by atoms with Crippen molar-refractivity contribution >= 4 is 62.7 Å². The van der Waals surface area contributed by atoms with Gasteiger partial charge in [-0.2, -0.15) is 0 Å². The van der Waals surface area contributed by atoms with Crippen molar-refractivity contribution in [1.29, 1.82) is 0 Å². The first-order valence-electron chi connectivity index (χ1n) is 1.20. The molecule has 0 atom stereocenters. The monoisotopic (exact) mass is 446 g/mol. The second-order valence-corrected chi connectivity index (χ2v) is 1.61. The van der Waals surface area contributed by atoms with Gasteiger partial charge in [-0.05, 0) is 0 Å². The summed E-state index contributed by atoms with van der Waals surface area (Å²) in [5.74, 6) is 0. The molecule has 12 heteroatoms. The molecular weight excluding hydrogens is 442 g/mol. The van der Waals surface area contributed by atoms with Crippen molar-refractivity contribution in [2.45, 2.75) is 0 Å². The molecule has 0 saturated carbocycles. The molecule has 0 fully saturated rings. The van der Waals surface area contributed by atoms with Crippen LogP contribution in [-0.2, 0) is 58.4 Å². The molecule has 0 aromatic heterocycles. The van der Waals surface area contributed by atoms with Crippen LogP contribution in [0.15, 0.2) is 0 Å². The molecule has 0 aliphatic rings. The maximum Gasteiger partial charge on any atom is 2.00 e. The van der Waals surface area contributed by atoms with Crippen molar-refractivity contribution < 1.29 is 90.6 Å². The van der Waals surface area contributed by atoms with Gasteiger partial charge in [0.2, 0.25) is 0 Å². The third-order valence-electron chi connectivity index (χ3n) is 0. The Morgan fingerprint density at radius 1 is 0.583 bits per heavy atom. The molecule has 12 heavy (non-hydrogen) atoms. The first-order chi connectivity index (χ1) is 3.46. The van der Waals surface area contributed by atoms with Crippen LogP contribution in [0.5, 0.6) is 0 Å². The van der Waals surface area contributed by atoms with E-state index in [-0.39, 0.29) is 107 Å². The van der Waals surface area contributed by atoms with Gasteiger partial charge in [-0.3, -0.25) is 0 Å². The normalized spacial score (nSPS) is 6.00. The molecule has 0 aromatic carbocycles. The molecule has 0 heterocycles. The molecule has 0 spiro atoms. The molecule has 0 rings (SSSR count). The Hall–Kier alpha value is 3.97. The zero-order valence-electron chi connectivity index (χ0n) is 8.41. The fraction of sp³-hybridized carbons (Fsp3) is 0. The maximum absolute atomic E-state index is 7.23. The molecule has 0 radical (unpaired) electrons. The molecular formula is H8O6P2SrZn3. The average molecular weight is 450 g/mol. The van der Waals surface area contributed by atoms with Crippen molar-refractivity contribution in [2.24, 2.45) is 0 Å². The molecule has 6 N–H and O–H groups in total. The van der Waals surface area contributed by atoms with E-state index in [4.69, 9.17) is 29.4 Å². The summed E-state index contributed by atoms with van der Waals surface area (Å²) < 4.78 is 0. The Balaban J connectivity index is -0.00000000600. The van der Waals surface area contributed by atoms with E-state index >= 15 is 0 Å². The van der Waals surface area contributed by atoms with Crippen molar-refractivity contribution in [3.05, 3.63) is 0 Å². The Kier molecular flexibility index (Phi) is 88.2. The molecule has 62 valence electrons. The summed E-state index contributed by atoms with van der Waals surface area (Å²) in [5.41, 5.74) is 0.